The summed E-state index contributed by atoms with van der Waals surface area (Å²) in [6.45, 7) is 18.3. The van der Waals surface area contributed by atoms with Gasteiger partial charge in [-0.3, -0.25) is 0 Å². The minimum absolute atomic E-state index is 0. The zero-order valence-corrected chi connectivity index (χ0v) is 35.1. The van der Waals surface area contributed by atoms with Crippen molar-refractivity contribution in [2.24, 2.45) is 17.8 Å². The number of rotatable bonds is 9. The van der Waals surface area contributed by atoms with E-state index in [-0.39, 0.29) is 20.1 Å². The molecule has 0 unspecified atom stereocenters. The van der Waals surface area contributed by atoms with Crippen LogP contribution >= 0.6 is 0 Å². The van der Waals surface area contributed by atoms with Crippen LogP contribution in [0.15, 0.2) is 77.5 Å². The van der Waals surface area contributed by atoms with Crippen molar-refractivity contribution < 1.29 is 24.5 Å². The van der Waals surface area contributed by atoms with E-state index in [4.69, 9.17) is 14.4 Å². The Kier molecular flexibility index (Phi) is 12.9. The molecule has 0 amide bonds. The molecule has 0 atom stereocenters. The van der Waals surface area contributed by atoms with E-state index >= 15 is 0 Å². The first-order valence-electron chi connectivity index (χ1n) is 18.6. The van der Waals surface area contributed by atoms with Gasteiger partial charge in [-0.15, -0.1) is 54.1 Å². The number of pyridine rings is 3. The van der Waals surface area contributed by atoms with E-state index in [1.165, 1.54) is 43.2 Å². The second kappa shape index (κ2) is 16.9. The molecule has 4 aromatic heterocycles. The molecule has 0 spiro atoms. The van der Waals surface area contributed by atoms with Gasteiger partial charge in [0.2, 0.25) is 5.71 Å². The zero-order valence-electron chi connectivity index (χ0n) is 31.7. The van der Waals surface area contributed by atoms with E-state index in [9.17, 15) is 0 Å². The van der Waals surface area contributed by atoms with Gasteiger partial charge in [0.15, 0.2) is 0 Å². The van der Waals surface area contributed by atoms with Gasteiger partial charge in [0.1, 0.15) is 0 Å². The molecule has 1 fully saturated rings. The monoisotopic (exact) mass is 872 g/mol. The minimum Gasteiger partial charge on any atom is -0.486 e. The van der Waals surface area contributed by atoms with E-state index < -0.39 is 8.07 Å². The average Bonchev–Trinajstić information content (AvgIpc) is 3.73. The van der Waals surface area contributed by atoms with Gasteiger partial charge in [-0.2, -0.15) is 0 Å². The van der Waals surface area contributed by atoms with Gasteiger partial charge >= 0.3 is 0 Å². The van der Waals surface area contributed by atoms with Crippen LogP contribution in [0.5, 0.6) is 0 Å². The summed E-state index contributed by atoms with van der Waals surface area (Å²) in [5.41, 5.74) is 10.7. The molecule has 6 aromatic rings. The summed E-state index contributed by atoms with van der Waals surface area (Å²) in [4.78, 5) is 14.2. The van der Waals surface area contributed by atoms with Crippen molar-refractivity contribution in [1.82, 2.24) is 15.0 Å². The van der Waals surface area contributed by atoms with Crippen LogP contribution < -0.4 is 5.19 Å². The Labute approximate surface area is 320 Å². The summed E-state index contributed by atoms with van der Waals surface area (Å²) >= 11 is 0. The zero-order chi connectivity index (χ0) is 35.4. The first kappa shape index (κ1) is 38.8. The normalized spacial score (nSPS) is 13.5. The summed E-state index contributed by atoms with van der Waals surface area (Å²) in [6, 6.07) is 27.6. The maximum Gasteiger partial charge on any atom is 0.216 e. The maximum absolute atomic E-state index is 6.23. The summed E-state index contributed by atoms with van der Waals surface area (Å²) in [5.74, 6) is 2.04. The summed E-state index contributed by atoms with van der Waals surface area (Å²) in [6.07, 6.45) is 13.0. The Morgan fingerprint density at radius 2 is 1.53 bits per heavy atom. The van der Waals surface area contributed by atoms with Crippen LogP contribution in [-0.2, 0) is 39.4 Å². The number of hydrogen-bond acceptors (Lipinski definition) is 4. The predicted octanol–water partition coefficient (Wildman–Crippen LogP) is 11.4. The smallest absolute Gasteiger partial charge is 0.216 e. The SMILES string of the molecule is C[Si](C)(C)c1cnc(-c2[c-]cccc2)cc1CC1CCCC1.Cc1cnc(-c2[c-]ccc3c2oc2nc(CC(C)C)ccc23)cc1CC(C)C.[Ir]. The van der Waals surface area contributed by atoms with Crippen molar-refractivity contribution in [2.75, 3.05) is 0 Å². The molecule has 51 heavy (non-hydrogen) atoms. The number of nitrogens with zero attached hydrogens (tertiary/aromatic N) is 3. The molecule has 0 saturated heterocycles. The Morgan fingerprint density at radius 3 is 2.22 bits per heavy atom. The Bertz CT molecular complexity index is 2060. The molecule has 1 saturated carbocycles. The van der Waals surface area contributed by atoms with Crippen LogP contribution in [0.1, 0.15) is 75.8 Å². The van der Waals surface area contributed by atoms with Gasteiger partial charge in [0, 0.05) is 43.6 Å². The molecule has 4 nitrogen and oxygen atoms in total. The largest absolute Gasteiger partial charge is 0.486 e. The second-order valence-electron chi connectivity index (χ2n) is 16.2. The average molecular weight is 872 g/mol. The van der Waals surface area contributed by atoms with Crippen LogP contribution in [0, 0.1) is 36.8 Å². The Hall–Kier alpha value is -3.44. The van der Waals surface area contributed by atoms with E-state index in [1.807, 2.05) is 24.4 Å². The van der Waals surface area contributed by atoms with Crippen molar-refractivity contribution in [3.05, 3.63) is 108 Å². The number of fused-ring (bicyclic) bond motifs is 3. The standard InChI is InChI=1S/C25H27N2O.C20H26NSi.Ir/c1-15(2)11-18-13-23(26-14-17(18)5)22-8-6-7-20-21-10-9-19(12-16(3)4)27-25(21)28-24(20)22;1-22(2,3)20-15-21-19(17-11-5-4-6-12-17)14-18(20)13-16-9-7-8-10-16;/h6-7,9-10,13-16H,11-12H2,1-5H3;4-6,11,14-16H,7-10,13H2,1-3H3;/q2*-1;. The van der Waals surface area contributed by atoms with Gasteiger partial charge in [-0.25, -0.2) is 4.98 Å². The molecule has 0 bridgehead atoms. The molecule has 1 aliphatic carbocycles. The number of hydrogen-bond donors (Lipinski definition) is 0. The molecule has 0 aliphatic heterocycles. The third kappa shape index (κ3) is 9.52. The fourth-order valence-corrected chi connectivity index (χ4v) is 8.90. The van der Waals surface area contributed by atoms with E-state index in [0.717, 1.165) is 63.3 Å². The summed E-state index contributed by atoms with van der Waals surface area (Å²) in [5, 5.41) is 3.66. The first-order chi connectivity index (χ1) is 24.0. The third-order valence-corrected chi connectivity index (χ3v) is 11.9. The first-order valence-corrected chi connectivity index (χ1v) is 22.1. The van der Waals surface area contributed by atoms with Crippen LogP contribution in [0.4, 0.5) is 0 Å². The van der Waals surface area contributed by atoms with Gasteiger partial charge in [-0.05, 0) is 78.2 Å². The summed E-state index contributed by atoms with van der Waals surface area (Å²) in [7, 11) is -1.35. The second-order valence-corrected chi connectivity index (χ2v) is 21.2. The number of aromatic nitrogens is 3. The van der Waals surface area contributed by atoms with E-state index in [1.54, 1.807) is 10.8 Å². The van der Waals surface area contributed by atoms with Gasteiger partial charge in [0.25, 0.3) is 0 Å². The van der Waals surface area contributed by atoms with E-state index in [2.05, 4.69) is 120 Å². The molecular formula is C45H53IrN3OSi-2. The molecule has 4 heterocycles. The van der Waals surface area contributed by atoms with Crippen LogP contribution in [0.25, 0.3) is 44.6 Å². The molecule has 0 N–H and O–H groups in total. The van der Waals surface area contributed by atoms with Crippen molar-refractivity contribution in [2.45, 2.75) is 99.2 Å². The van der Waals surface area contributed by atoms with Crippen LogP contribution in [-0.4, -0.2) is 23.0 Å². The minimum atomic E-state index is -1.35. The van der Waals surface area contributed by atoms with Crippen molar-refractivity contribution >= 4 is 35.3 Å². The Balaban J connectivity index is 0.000000199. The fourth-order valence-electron chi connectivity index (χ4n) is 7.31. The van der Waals surface area contributed by atoms with Crippen LogP contribution in [0.2, 0.25) is 19.6 Å². The molecule has 1 aliphatic rings. The predicted molar refractivity (Wildman–Crippen MR) is 213 cm³/mol. The quantitative estimate of drug-likeness (QED) is 0.107. The van der Waals surface area contributed by atoms with Crippen molar-refractivity contribution in [1.29, 1.82) is 0 Å². The molecule has 1 radical (unpaired) electrons. The third-order valence-electron chi connectivity index (χ3n) is 9.84. The maximum atomic E-state index is 6.23. The van der Waals surface area contributed by atoms with Crippen LogP contribution in [0.3, 0.4) is 0 Å². The topological polar surface area (TPSA) is 51.8 Å². The fraction of sp³-hybridized carbons (Fsp3) is 0.400. The Morgan fingerprint density at radius 1 is 0.804 bits per heavy atom. The molecule has 269 valence electrons. The number of aryl methyl sites for hydroxylation is 1. The molecule has 6 heteroatoms. The van der Waals surface area contributed by atoms with Gasteiger partial charge in [-0.1, -0.05) is 107 Å². The van der Waals surface area contributed by atoms with Gasteiger partial charge in [0.05, 0.1) is 13.7 Å². The van der Waals surface area contributed by atoms with Crippen molar-refractivity contribution in [3.63, 3.8) is 0 Å². The molecule has 2 aromatic carbocycles. The van der Waals surface area contributed by atoms with E-state index in [0.29, 0.717) is 17.5 Å². The molecular weight excluding hydrogens is 819 g/mol. The summed E-state index contributed by atoms with van der Waals surface area (Å²) < 4.78 is 6.23. The number of benzene rings is 2. The van der Waals surface area contributed by atoms with Crippen molar-refractivity contribution in [3.8, 4) is 22.5 Å². The van der Waals surface area contributed by atoms with Gasteiger partial charge < -0.3 is 14.4 Å². The molecule has 7 rings (SSSR count). The number of furan rings is 1.